The average Bonchev–Trinajstić information content (AvgIpc) is 2.28. The quantitative estimate of drug-likeness (QED) is 0.615. The smallest absolute Gasteiger partial charge is 0.308 e. The average molecular weight is 213 g/mol. The summed E-state index contributed by atoms with van der Waals surface area (Å²) in [7, 11) is 1.44. The first-order valence-electron chi connectivity index (χ1n) is 5.71. The number of esters is 1. The standard InChI is InChI=1S/C11H19NO3/c1-15-11(14)7-2-3-8-9(6-7)12-5-4-10(8)13/h7-10,12-13H,2-6H2,1H3. The third kappa shape index (κ3) is 2.16. The predicted molar refractivity (Wildman–Crippen MR) is 55.3 cm³/mol. The summed E-state index contributed by atoms with van der Waals surface area (Å²) in [6.07, 6.45) is 3.25. The van der Waals surface area contributed by atoms with Crippen LogP contribution in [0.3, 0.4) is 0 Å². The van der Waals surface area contributed by atoms with Gasteiger partial charge in [-0.25, -0.2) is 0 Å². The normalized spacial score (nSPS) is 40.7. The Bertz CT molecular complexity index is 244. The van der Waals surface area contributed by atoms with Gasteiger partial charge in [0.05, 0.1) is 19.1 Å². The Labute approximate surface area is 90.0 Å². The zero-order valence-electron chi connectivity index (χ0n) is 9.11. The van der Waals surface area contributed by atoms with Crippen molar-refractivity contribution >= 4 is 5.97 Å². The van der Waals surface area contributed by atoms with E-state index in [0.29, 0.717) is 12.0 Å². The van der Waals surface area contributed by atoms with Gasteiger partial charge in [0.1, 0.15) is 0 Å². The fourth-order valence-electron chi connectivity index (χ4n) is 2.90. The van der Waals surface area contributed by atoms with Gasteiger partial charge in [-0.1, -0.05) is 0 Å². The van der Waals surface area contributed by atoms with Crippen LogP contribution in [0.4, 0.5) is 0 Å². The van der Waals surface area contributed by atoms with Gasteiger partial charge < -0.3 is 15.2 Å². The molecule has 86 valence electrons. The topological polar surface area (TPSA) is 58.6 Å². The van der Waals surface area contributed by atoms with Crippen LogP contribution in [0.5, 0.6) is 0 Å². The molecule has 0 aromatic carbocycles. The maximum atomic E-state index is 11.4. The maximum absolute atomic E-state index is 11.4. The minimum atomic E-state index is -0.185. The summed E-state index contributed by atoms with van der Waals surface area (Å²) >= 11 is 0. The van der Waals surface area contributed by atoms with Crippen LogP contribution in [0, 0.1) is 11.8 Å². The summed E-state index contributed by atoms with van der Waals surface area (Å²) in [4.78, 5) is 11.4. The molecule has 4 atom stereocenters. The number of nitrogens with one attached hydrogen (secondary N) is 1. The Kier molecular flexibility index (Phi) is 3.26. The Morgan fingerprint density at radius 2 is 2.20 bits per heavy atom. The number of carbonyl (C=O) groups is 1. The number of aliphatic hydroxyl groups is 1. The molecule has 2 aliphatic rings. The predicted octanol–water partition coefficient (Wildman–Crippen LogP) is 0.298. The van der Waals surface area contributed by atoms with Gasteiger partial charge in [-0.05, 0) is 32.2 Å². The highest BCUT2D eigenvalue weighted by atomic mass is 16.5. The molecule has 1 saturated carbocycles. The SMILES string of the molecule is COC(=O)C1CCC2C(O)CCNC2C1. The van der Waals surface area contributed by atoms with Crippen LogP contribution in [0.1, 0.15) is 25.7 Å². The van der Waals surface area contributed by atoms with E-state index in [0.717, 1.165) is 32.2 Å². The molecule has 0 aromatic heterocycles. The van der Waals surface area contributed by atoms with Crippen LogP contribution in [0.15, 0.2) is 0 Å². The molecule has 2 fully saturated rings. The molecule has 1 heterocycles. The van der Waals surface area contributed by atoms with Crippen molar-refractivity contribution in [1.82, 2.24) is 5.32 Å². The monoisotopic (exact) mass is 213 g/mol. The van der Waals surface area contributed by atoms with Gasteiger partial charge in [-0.3, -0.25) is 4.79 Å². The van der Waals surface area contributed by atoms with Gasteiger partial charge in [-0.15, -0.1) is 0 Å². The number of aliphatic hydroxyl groups excluding tert-OH is 1. The van der Waals surface area contributed by atoms with Crippen LogP contribution in [-0.4, -0.2) is 36.9 Å². The van der Waals surface area contributed by atoms with E-state index in [1.54, 1.807) is 0 Å². The van der Waals surface area contributed by atoms with E-state index in [1.807, 2.05) is 0 Å². The minimum Gasteiger partial charge on any atom is -0.469 e. The maximum Gasteiger partial charge on any atom is 0.308 e. The van der Waals surface area contributed by atoms with Crippen molar-refractivity contribution in [2.24, 2.45) is 11.8 Å². The molecule has 15 heavy (non-hydrogen) atoms. The van der Waals surface area contributed by atoms with Crippen molar-refractivity contribution in [2.45, 2.75) is 37.8 Å². The molecule has 4 unspecified atom stereocenters. The van der Waals surface area contributed by atoms with E-state index in [9.17, 15) is 9.90 Å². The van der Waals surface area contributed by atoms with Gasteiger partial charge in [-0.2, -0.15) is 0 Å². The molecular weight excluding hydrogens is 194 g/mol. The second-order valence-corrected chi connectivity index (χ2v) is 4.61. The molecule has 1 aliphatic carbocycles. The summed E-state index contributed by atoms with van der Waals surface area (Å²) in [5.41, 5.74) is 0. The molecule has 4 heteroatoms. The third-order valence-electron chi connectivity index (χ3n) is 3.78. The zero-order valence-corrected chi connectivity index (χ0v) is 9.11. The fourth-order valence-corrected chi connectivity index (χ4v) is 2.90. The van der Waals surface area contributed by atoms with Crippen molar-refractivity contribution in [3.63, 3.8) is 0 Å². The van der Waals surface area contributed by atoms with E-state index < -0.39 is 0 Å². The van der Waals surface area contributed by atoms with E-state index in [2.05, 4.69) is 5.32 Å². The van der Waals surface area contributed by atoms with Crippen molar-refractivity contribution in [3.8, 4) is 0 Å². The van der Waals surface area contributed by atoms with E-state index in [1.165, 1.54) is 7.11 Å². The summed E-state index contributed by atoms with van der Waals surface area (Å²) in [5.74, 6) is 0.254. The molecule has 0 aromatic rings. The summed E-state index contributed by atoms with van der Waals surface area (Å²) < 4.78 is 4.77. The van der Waals surface area contributed by atoms with Crippen LogP contribution in [0.25, 0.3) is 0 Å². The first-order chi connectivity index (χ1) is 7.22. The second kappa shape index (κ2) is 4.49. The zero-order chi connectivity index (χ0) is 10.8. The van der Waals surface area contributed by atoms with Gasteiger partial charge in [0.25, 0.3) is 0 Å². The molecule has 0 radical (unpaired) electrons. The highest BCUT2D eigenvalue weighted by Crippen LogP contribution is 2.34. The lowest BCUT2D eigenvalue weighted by atomic mass is 9.73. The lowest BCUT2D eigenvalue weighted by molar-refractivity contribution is -0.148. The Morgan fingerprint density at radius 1 is 1.40 bits per heavy atom. The Balaban J connectivity index is 1.96. The first-order valence-corrected chi connectivity index (χ1v) is 5.71. The highest BCUT2D eigenvalue weighted by molar-refractivity contribution is 5.72. The molecule has 0 spiro atoms. The van der Waals surface area contributed by atoms with Gasteiger partial charge in [0.2, 0.25) is 0 Å². The Morgan fingerprint density at radius 3 is 2.93 bits per heavy atom. The second-order valence-electron chi connectivity index (χ2n) is 4.61. The van der Waals surface area contributed by atoms with Crippen molar-refractivity contribution in [1.29, 1.82) is 0 Å². The molecule has 1 saturated heterocycles. The van der Waals surface area contributed by atoms with E-state index in [4.69, 9.17) is 4.74 Å². The molecular formula is C11H19NO3. The number of ether oxygens (including phenoxy) is 1. The number of piperidine rings is 1. The van der Waals surface area contributed by atoms with Gasteiger partial charge in [0.15, 0.2) is 0 Å². The molecule has 1 aliphatic heterocycles. The van der Waals surface area contributed by atoms with Crippen molar-refractivity contribution in [2.75, 3.05) is 13.7 Å². The minimum absolute atomic E-state index is 0.0223. The largest absolute Gasteiger partial charge is 0.469 e. The number of fused-ring (bicyclic) bond motifs is 1. The highest BCUT2D eigenvalue weighted by Gasteiger charge is 2.39. The molecule has 2 rings (SSSR count). The lowest BCUT2D eigenvalue weighted by Gasteiger charge is -2.41. The summed E-state index contributed by atoms with van der Waals surface area (Å²) in [6.45, 7) is 0.857. The summed E-state index contributed by atoms with van der Waals surface area (Å²) in [5, 5.41) is 13.2. The van der Waals surface area contributed by atoms with E-state index in [-0.39, 0.29) is 18.0 Å². The van der Waals surface area contributed by atoms with Crippen molar-refractivity contribution in [3.05, 3.63) is 0 Å². The number of carbonyl (C=O) groups excluding carboxylic acids is 1. The lowest BCUT2D eigenvalue weighted by Crippen LogP contribution is -2.52. The number of rotatable bonds is 1. The molecule has 0 bridgehead atoms. The van der Waals surface area contributed by atoms with Crippen LogP contribution in [0.2, 0.25) is 0 Å². The fraction of sp³-hybridized carbons (Fsp3) is 0.909. The van der Waals surface area contributed by atoms with Crippen LogP contribution in [-0.2, 0) is 9.53 Å². The van der Waals surface area contributed by atoms with Gasteiger partial charge in [0, 0.05) is 12.0 Å². The van der Waals surface area contributed by atoms with Crippen LogP contribution < -0.4 is 5.32 Å². The number of hydrogen-bond donors (Lipinski definition) is 2. The molecule has 4 nitrogen and oxygen atoms in total. The summed E-state index contributed by atoms with van der Waals surface area (Å²) in [6, 6.07) is 0.298. The third-order valence-corrected chi connectivity index (χ3v) is 3.78. The van der Waals surface area contributed by atoms with Crippen LogP contribution >= 0.6 is 0 Å². The number of hydrogen-bond acceptors (Lipinski definition) is 4. The van der Waals surface area contributed by atoms with Crippen molar-refractivity contribution < 1.29 is 14.6 Å². The first kappa shape index (κ1) is 10.9. The number of methoxy groups -OCH3 is 1. The van der Waals surface area contributed by atoms with E-state index >= 15 is 0 Å². The van der Waals surface area contributed by atoms with Gasteiger partial charge >= 0.3 is 5.97 Å². The molecule has 2 N–H and O–H groups in total. The molecule has 0 amide bonds. The Hall–Kier alpha value is -0.610.